The van der Waals surface area contributed by atoms with E-state index in [9.17, 15) is 13.2 Å². The molecule has 1 atom stereocenters. The summed E-state index contributed by atoms with van der Waals surface area (Å²) in [4.78, 5) is 12.5. The van der Waals surface area contributed by atoms with Gasteiger partial charge in [-0.1, -0.05) is 26.8 Å². The van der Waals surface area contributed by atoms with Gasteiger partial charge in [-0.15, -0.1) is 0 Å². The molecule has 0 aromatic heterocycles. The second-order valence-electron chi connectivity index (χ2n) is 7.06. The van der Waals surface area contributed by atoms with Crippen molar-refractivity contribution in [1.82, 2.24) is 9.62 Å². The molecule has 1 saturated heterocycles. The molecule has 1 N–H and O–H groups in total. The number of sulfonamides is 1. The summed E-state index contributed by atoms with van der Waals surface area (Å²) in [5.41, 5.74) is 0.943. The molecule has 1 aromatic rings. The highest BCUT2D eigenvalue weighted by molar-refractivity contribution is 7.89. The monoisotopic (exact) mass is 382 g/mol. The third-order valence-electron chi connectivity index (χ3n) is 4.78. The first-order valence-electron chi connectivity index (χ1n) is 9.27. The van der Waals surface area contributed by atoms with Crippen LogP contribution in [0.1, 0.15) is 51.5 Å². The quantitative estimate of drug-likeness (QED) is 0.787. The van der Waals surface area contributed by atoms with Crippen molar-refractivity contribution < 1.29 is 17.9 Å². The van der Waals surface area contributed by atoms with Crippen molar-refractivity contribution in [2.24, 2.45) is 5.92 Å². The van der Waals surface area contributed by atoms with Crippen LogP contribution in [0.5, 0.6) is 5.75 Å². The van der Waals surface area contributed by atoms with Gasteiger partial charge in [0.1, 0.15) is 10.6 Å². The Kier molecular flexibility index (Phi) is 7.06. The van der Waals surface area contributed by atoms with Crippen molar-refractivity contribution in [3.8, 4) is 5.75 Å². The molecule has 146 valence electrons. The van der Waals surface area contributed by atoms with Crippen LogP contribution in [-0.4, -0.2) is 45.4 Å². The molecule has 1 amide bonds. The number of amides is 1. The van der Waals surface area contributed by atoms with Gasteiger partial charge in [0, 0.05) is 19.6 Å². The van der Waals surface area contributed by atoms with Crippen LogP contribution in [0.3, 0.4) is 0 Å². The third kappa shape index (κ3) is 4.57. The smallest absolute Gasteiger partial charge is 0.246 e. The number of hydrogen-bond donors (Lipinski definition) is 1. The van der Waals surface area contributed by atoms with Gasteiger partial charge >= 0.3 is 0 Å². The van der Waals surface area contributed by atoms with E-state index in [0.717, 1.165) is 12.0 Å². The minimum atomic E-state index is -3.72. The lowest BCUT2D eigenvalue weighted by Crippen LogP contribution is -2.45. The van der Waals surface area contributed by atoms with Gasteiger partial charge in [-0.3, -0.25) is 4.79 Å². The minimum absolute atomic E-state index is 0.0605. The Balaban J connectivity index is 2.29. The summed E-state index contributed by atoms with van der Waals surface area (Å²) in [6.45, 7) is 7.29. The number of hydrogen-bond acceptors (Lipinski definition) is 4. The molecule has 2 rings (SSSR count). The molecular weight excluding hydrogens is 352 g/mol. The molecule has 26 heavy (non-hydrogen) atoms. The van der Waals surface area contributed by atoms with Crippen LogP contribution in [0.25, 0.3) is 0 Å². The van der Waals surface area contributed by atoms with Crippen molar-refractivity contribution in [3.63, 3.8) is 0 Å². The number of nitrogens with one attached hydrogen (secondary N) is 1. The molecule has 0 unspecified atom stereocenters. The molecule has 1 fully saturated rings. The molecule has 0 saturated carbocycles. The van der Waals surface area contributed by atoms with Gasteiger partial charge < -0.3 is 10.1 Å². The fourth-order valence-electron chi connectivity index (χ4n) is 3.16. The van der Waals surface area contributed by atoms with Gasteiger partial charge in [0.25, 0.3) is 0 Å². The Hall–Kier alpha value is -1.60. The van der Waals surface area contributed by atoms with E-state index < -0.39 is 10.0 Å². The molecule has 0 spiro atoms. The lowest BCUT2D eigenvalue weighted by molar-refractivity contribution is -0.126. The molecule has 7 heteroatoms. The zero-order valence-electron chi connectivity index (χ0n) is 16.1. The summed E-state index contributed by atoms with van der Waals surface area (Å²) >= 11 is 0. The number of rotatable bonds is 7. The second kappa shape index (κ2) is 8.86. The lowest BCUT2D eigenvalue weighted by Gasteiger charge is -2.31. The molecule has 0 radical (unpaired) electrons. The standard InChI is InChI=1S/C19H30N2O4S/c1-5-10-20-19(22)16-7-6-11-21(13-16)26(23,24)18-12-15(14(2)3)8-9-17(18)25-4/h8-9,12,14,16H,5-7,10-11,13H2,1-4H3,(H,20,22)/t16-/m0/s1. The van der Waals surface area contributed by atoms with E-state index in [1.165, 1.54) is 11.4 Å². The number of ether oxygens (including phenoxy) is 1. The largest absolute Gasteiger partial charge is 0.495 e. The minimum Gasteiger partial charge on any atom is -0.495 e. The van der Waals surface area contributed by atoms with Crippen LogP contribution < -0.4 is 10.1 Å². The maximum Gasteiger partial charge on any atom is 0.246 e. The topological polar surface area (TPSA) is 75.7 Å². The summed E-state index contributed by atoms with van der Waals surface area (Å²) in [6, 6.07) is 5.29. The van der Waals surface area contributed by atoms with Crippen molar-refractivity contribution >= 4 is 15.9 Å². The summed E-state index contributed by atoms with van der Waals surface area (Å²) in [6.07, 6.45) is 2.25. The first kappa shape index (κ1) is 20.7. The molecule has 1 aliphatic heterocycles. The fraction of sp³-hybridized carbons (Fsp3) is 0.632. The maximum atomic E-state index is 13.2. The van der Waals surface area contributed by atoms with Gasteiger partial charge in [-0.05, 0) is 42.9 Å². The Labute approximate surface area is 157 Å². The van der Waals surface area contributed by atoms with E-state index >= 15 is 0 Å². The maximum absolute atomic E-state index is 13.2. The fourth-order valence-corrected chi connectivity index (χ4v) is 4.87. The van der Waals surface area contributed by atoms with Crippen molar-refractivity contribution in [1.29, 1.82) is 0 Å². The number of carbonyl (C=O) groups is 1. The number of nitrogens with zero attached hydrogens (tertiary/aromatic N) is 1. The van der Waals surface area contributed by atoms with Crippen LogP contribution in [-0.2, 0) is 14.8 Å². The first-order valence-corrected chi connectivity index (χ1v) is 10.7. The Morgan fingerprint density at radius 2 is 2.12 bits per heavy atom. The predicted octanol–water partition coefficient (Wildman–Crippen LogP) is 2.75. The Bertz CT molecular complexity index is 731. The summed E-state index contributed by atoms with van der Waals surface area (Å²) < 4.78 is 33.2. The SMILES string of the molecule is CCCNC(=O)[C@H]1CCCN(S(=O)(=O)c2cc(C(C)C)ccc2OC)C1. The van der Waals surface area contributed by atoms with Crippen LogP contribution in [0.15, 0.2) is 23.1 Å². The summed E-state index contributed by atoms with van der Waals surface area (Å²) in [5.74, 6) is 0.190. The zero-order valence-corrected chi connectivity index (χ0v) is 16.9. The average Bonchev–Trinajstić information content (AvgIpc) is 2.65. The predicted molar refractivity (Wildman–Crippen MR) is 102 cm³/mol. The van der Waals surface area contributed by atoms with Crippen molar-refractivity contribution in [2.45, 2.75) is 50.8 Å². The van der Waals surface area contributed by atoms with Crippen LogP contribution in [0.4, 0.5) is 0 Å². The number of benzene rings is 1. The molecule has 0 aliphatic carbocycles. The van der Waals surface area contributed by atoms with E-state index in [4.69, 9.17) is 4.74 Å². The van der Waals surface area contributed by atoms with Crippen LogP contribution in [0, 0.1) is 5.92 Å². The van der Waals surface area contributed by atoms with E-state index in [2.05, 4.69) is 5.32 Å². The summed E-state index contributed by atoms with van der Waals surface area (Å²) in [7, 11) is -2.25. The molecule has 0 bridgehead atoms. The molecule has 1 heterocycles. The van der Waals surface area contributed by atoms with E-state index in [1.54, 1.807) is 12.1 Å². The normalized spacial score (nSPS) is 18.7. The summed E-state index contributed by atoms with van der Waals surface area (Å²) in [5, 5.41) is 2.88. The third-order valence-corrected chi connectivity index (χ3v) is 6.66. The Morgan fingerprint density at radius 3 is 2.73 bits per heavy atom. The van der Waals surface area contributed by atoms with E-state index in [-0.39, 0.29) is 29.2 Å². The van der Waals surface area contributed by atoms with Crippen molar-refractivity contribution in [3.05, 3.63) is 23.8 Å². The van der Waals surface area contributed by atoms with Crippen LogP contribution >= 0.6 is 0 Å². The molecule has 1 aliphatic rings. The number of piperidine rings is 1. The van der Waals surface area contributed by atoms with Gasteiger partial charge in [0.2, 0.25) is 15.9 Å². The van der Waals surface area contributed by atoms with Gasteiger partial charge in [-0.25, -0.2) is 8.42 Å². The van der Waals surface area contributed by atoms with E-state index in [0.29, 0.717) is 31.7 Å². The van der Waals surface area contributed by atoms with Crippen molar-refractivity contribution in [2.75, 3.05) is 26.7 Å². The number of carbonyl (C=O) groups excluding carboxylic acids is 1. The average molecular weight is 383 g/mol. The first-order chi connectivity index (χ1) is 12.3. The highest BCUT2D eigenvalue weighted by Crippen LogP contribution is 2.32. The number of methoxy groups -OCH3 is 1. The van der Waals surface area contributed by atoms with Gasteiger partial charge in [-0.2, -0.15) is 4.31 Å². The van der Waals surface area contributed by atoms with E-state index in [1.807, 2.05) is 26.8 Å². The van der Waals surface area contributed by atoms with Gasteiger partial charge in [0.15, 0.2) is 0 Å². The highest BCUT2D eigenvalue weighted by Gasteiger charge is 2.35. The molecular formula is C19H30N2O4S. The zero-order chi connectivity index (χ0) is 19.3. The Morgan fingerprint density at radius 1 is 1.38 bits per heavy atom. The van der Waals surface area contributed by atoms with Gasteiger partial charge in [0.05, 0.1) is 13.0 Å². The molecule has 1 aromatic carbocycles. The highest BCUT2D eigenvalue weighted by atomic mass is 32.2. The second-order valence-corrected chi connectivity index (χ2v) is 8.96. The lowest BCUT2D eigenvalue weighted by atomic mass is 9.99. The van der Waals surface area contributed by atoms with Crippen LogP contribution in [0.2, 0.25) is 0 Å². The molecule has 6 nitrogen and oxygen atoms in total.